The lowest BCUT2D eigenvalue weighted by molar-refractivity contribution is 0.169. The Kier molecular flexibility index (Phi) is 4.47. The lowest BCUT2D eigenvalue weighted by Crippen LogP contribution is -2.28. The number of unbranched alkanes of at least 4 members (excludes halogenated alkanes) is 1. The molecule has 0 aromatic heterocycles. The zero-order chi connectivity index (χ0) is 10.6. The van der Waals surface area contributed by atoms with Crippen LogP contribution < -0.4 is 0 Å². The highest BCUT2D eigenvalue weighted by molar-refractivity contribution is 4.92. The lowest BCUT2D eigenvalue weighted by Gasteiger charge is -2.38. The average molecular weight is 195 g/mol. The Labute approximate surface area is 90.5 Å². The summed E-state index contributed by atoms with van der Waals surface area (Å²) >= 11 is 0. The van der Waals surface area contributed by atoms with E-state index in [2.05, 4.69) is 34.1 Å². The first-order chi connectivity index (χ1) is 6.56. The van der Waals surface area contributed by atoms with Crippen LogP contribution in [-0.2, 0) is 0 Å². The second-order valence-electron chi connectivity index (χ2n) is 5.85. The quantitative estimate of drug-likeness (QED) is 0.602. The standard InChI is InChI=1S/C14H27/c1-5-6-11-14(3,4)13-9-7-12(2)8-10-13/h9,12-13H,5-8,10-11H2,1-4H3. The molecule has 83 valence electrons. The third kappa shape index (κ3) is 3.29. The van der Waals surface area contributed by atoms with Crippen LogP contribution in [0.4, 0.5) is 0 Å². The van der Waals surface area contributed by atoms with Crippen LogP contribution in [0.15, 0.2) is 0 Å². The van der Waals surface area contributed by atoms with Gasteiger partial charge in [0.2, 0.25) is 0 Å². The van der Waals surface area contributed by atoms with E-state index in [1.165, 1.54) is 38.5 Å². The van der Waals surface area contributed by atoms with Crippen molar-refractivity contribution < 1.29 is 0 Å². The van der Waals surface area contributed by atoms with Crippen LogP contribution in [0.3, 0.4) is 0 Å². The number of hydrogen-bond donors (Lipinski definition) is 0. The Balaban J connectivity index is 2.38. The summed E-state index contributed by atoms with van der Waals surface area (Å²) in [5.41, 5.74) is 0.552. The Hall–Kier alpha value is 0. The Morgan fingerprint density at radius 2 is 2.00 bits per heavy atom. The molecular formula is C14H27. The Bertz CT molecular complexity index is 149. The largest absolute Gasteiger partial charge is 0.0654 e. The van der Waals surface area contributed by atoms with Crippen molar-refractivity contribution in [3.8, 4) is 0 Å². The Morgan fingerprint density at radius 1 is 1.29 bits per heavy atom. The van der Waals surface area contributed by atoms with Crippen LogP contribution in [0.1, 0.15) is 66.2 Å². The van der Waals surface area contributed by atoms with Crippen LogP contribution in [0, 0.1) is 23.7 Å². The lowest BCUT2D eigenvalue weighted by atomic mass is 9.67. The van der Waals surface area contributed by atoms with Gasteiger partial charge in [-0.3, -0.25) is 0 Å². The van der Waals surface area contributed by atoms with Crippen LogP contribution >= 0.6 is 0 Å². The van der Waals surface area contributed by atoms with Gasteiger partial charge in [0.1, 0.15) is 0 Å². The summed E-state index contributed by atoms with van der Waals surface area (Å²) < 4.78 is 0. The molecule has 0 aromatic carbocycles. The van der Waals surface area contributed by atoms with Gasteiger partial charge in [0.05, 0.1) is 0 Å². The Morgan fingerprint density at radius 3 is 2.50 bits per heavy atom. The molecule has 0 heterocycles. The second kappa shape index (κ2) is 5.19. The minimum absolute atomic E-state index is 0.552. The van der Waals surface area contributed by atoms with Crippen LogP contribution in [-0.4, -0.2) is 0 Å². The van der Waals surface area contributed by atoms with Crippen molar-refractivity contribution >= 4 is 0 Å². The van der Waals surface area contributed by atoms with E-state index in [0.717, 1.165) is 11.8 Å². The van der Waals surface area contributed by atoms with Crippen LogP contribution in [0.2, 0.25) is 0 Å². The predicted molar refractivity (Wildman–Crippen MR) is 64.1 cm³/mol. The molecule has 0 heteroatoms. The van der Waals surface area contributed by atoms with E-state index < -0.39 is 0 Å². The van der Waals surface area contributed by atoms with Gasteiger partial charge in [-0.1, -0.05) is 47.0 Å². The van der Waals surface area contributed by atoms with Crippen molar-refractivity contribution in [1.82, 2.24) is 0 Å². The van der Waals surface area contributed by atoms with Crippen molar-refractivity contribution in [2.24, 2.45) is 17.3 Å². The first-order valence-electron chi connectivity index (χ1n) is 6.39. The first kappa shape index (κ1) is 12.1. The van der Waals surface area contributed by atoms with E-state index in [1.54, 1.807) is 0 Å². The molecule has 1 saturated carbocycles. The van der Waals surface area contributed by atoms with E-state index in [1.807, 2.05) is 0 Å². The SMILES string of the molecule is CCCCC(C)(C)C1[CH]CC(C)CC1. The number of hydrogen-bond acceptors (Lipinski definition) is 0. The van der Waals surface area contributed by atoms with E-state index >= 15 is 0 Å². The summed E-state index contributed by atoms with van der Waals surface area (Å²) in [5, 5.41) is 0. The summed E-state index contributed by atoms with van der Waals surface area (Å²) in [6, 6.07) is 0. The summed E-state index contributed by atoms with van der Waals surface area (Å²) in [6.45, 7) is 9.59. The monoisotopic (exact) mass is 195 g/mol. The average Bonchev–Trinajstić information content (AvgIpc) is 2.16. The van der Waals surface area contributed by atoms with Gasteiger partial charge in [0, 0.05) is 0 Å². The molecule has 0 bridgehead atoms. The molecule has 1 aliphatic rings. The highest BCUT2D eigenvalue weighted by Gasteiger charge is 2.31. The molecule has 0 amide bonds. The van der Waals surface area contributed by atoms with Crippen molar-refractivity contribution in [3.63, 3.8) is 0 Å². The fourth-order valence-corrected chi connectivity index (χ4v) is 2.62. The maximum atomic E-state index is 2.60. The normalized spacial score (nSPS) is 29.1. The minimum Gasteiger partial charge on any atom is -0.0654 e. The molecule has 0 aliphatic heterocycles. The van der Waals surface area contributed by atoms with E-state index in [9.17, 15) is 0 Å². The maximum absolute atomic E-state index is 2.60. The molecule has 0 aromatic rings. The van der Waals surface area contributed by atoms with Crippen LogP contribution in [0.25, 0.3) is 0 Å². The molecule has 1 aliphatic carbocycles. The zero-order valence-corrected chi connectivity index (χ0v) is 10.5. The fourth-order valence-electron chi connectivity index (χ4n) is 2.62. The predicted octanol–water partition coefficient (Wildman–Crippen LogP) is 4.84. The van der Waals surface area contributed by atoms with Crippen molar-refractivity contribution in [2.45, 2.75) is 66.2 Å². The van der Waals surface area contributed by atoms with Gasteiger partial charge < -0.3 is 0 Å². The van der Waals surface area contributed by atoms with Crippen molar-refractivity contribution in [2.75, 3.05) is 0 Å². The molecule has 0 N–H and O–H groups in total. The summed E-state index contributed by atoms with van der Waals surface area (Å²) in [5.74, 6) is 1.82. The third-order valence-electron chi connectivity index (χ3n) is 3.97. The molecule has 14 heavy (non-hydrogen) atoms. The summed E-state index contributed by atoms with van der Waals surface area (Å²) in [7, 11) is 0. The van der Waals surface area contributed by atoms with Gasteiger partial charge in [-0.25, -0.2) is 0 Å². The molecule has 1 rings (SSSR count). The summed E-state index contributed by atoms with van der Waals surface area (Å²) in [4.78, 5) is 0. The van der Waals surface area contributed by atoms with Gasteiger partial charge in [0.25, 0.3) is 0 Å². The highest BCUT2D eigenvalue weighted by atomic mass is 14.4. The van der Waals surface area contributed by atoms with Gasteiger partial charge >= 0.3 is 0 Å². The zero-order valence-electron chi connectivity index (χ0n) is 10.5. The molecule has 1 radical (unpaired) electrons. The van der Waals surface area contributed by atoms with Gasteiger partial charge in [-0.05, 0) is 42.9 Å². The fraction of sp³-hybridized carbons (Fsp3) is 0.929. The molecule has 0 saturated heterocycles. The van der Waals surface area contributed by atoms with Crippen LogP contribution in [0.5, 0.6) is 0 Å². The minimum atomic E-state index is 0.552. The smallest absolute Gasteiger partial charge is 0.0323 e. The molecule has 2 unspecified atom stereocenters. The molecule has 0 nitrogen and oxygen atoms in total. The summed E-state index contributed by atoms with van der Waals surface area (Å²) in [6.07, 6.45) is 11.0. The van der Waals surface area contributed by atoms with Crippen molar-refractivity contribution in [3.05, 3.63) is 6.42 Å². The molecule has 2 atom stereocenters. The van der Waals surface area contributed by atoms with E-state index in [0.29, 0.717) is 5.41 Å². The van der Waals surface area contributed by atoms with Gasteiger partial charge in [-0.15, -0.1) is 0 Å². The molecular weight excluding hydrogens is 168 g/mol. The van der Waals surface area contributed by atoms with E-state index in [-0.39, 0.29) is 0 Å². The third-order valence-corrected chi connectivity index (χ3v) is 3.97. The maximum Gasteiger partial charge on any atom is -0.0323 e. The first-order valence-corrected chi connectivity index (χ1v) is 6.39. The van der Waals surface area contributed by atoms with Gasteiger partial charge in [-0.2, -0.15) is 0 Å². The number of rotatable bonds is 4. The van der Waals surface area contributed by atoms with Crippen molar-refractivity contribution in [1.29, 1.82) is 0 Å². The topological polar surface area (TPSA) is 0 Å². The van der Waals surface area contributed by atoms with E-state index in [4.69, 9.17) is 0 Å². The second-order valence-corrected chi connectivity index (χ2v) is 5.85. The molecule has 1 fully saturated rings. The molecule has 0 spiro atoms. The highest BCUT2D eigenvalue weighted by Crippen LogP contribution is 2.42. The van der Waals surface area contributed by atoms with Gasteiger partial charge in [0.15, 0.2) is 0 Å².